The van der Waals surface area contributed by atoms with Crippen molar-refractivity contribution in [3.63, 3.8) is 0 Å². The van der Waals surface area contributed by atoms with Gasteiger partial charge in [0.1, 0.15) is 18.2 Å². The van der Waals surface area contributed by atoms with Gasteiger partial charge in [0.05, 0.1) is 0 Å². The number of nitrogens with one attached hydrogen (secondary N) is 1. The number of hydrogen-bond donors (Lipinski definition) is 2. The first kappa shape index (κ1) is 13.0. The fourth-order valence-electron chi connectivity index (χ4n) is 1.39. The summed E-state index contributed by atoms with van der Waals surface area (Å²) in [7, 11) is 0. The van der Waals surface area contributed by atoms with Crippen LogP contribution in [0.2, 0.25) is 0 Å². The fourth-order valence-corrected chi connectivity index (χ4v) is 1.39. The van der Waals surface area contributed by atoms with Crippen LogP contribution in [0.1, 0.15) is 16.3 Å². The maximum absolute atomic E-state index is 13.3. The Hall–Kier alpha value is -2.41. The van der Waals surface area contributed by atoms with Gasteiger partial charge in [-0.25, -0.2) is 14.6 Å². The number of rotatable bonds is 4. The van der Waals surface area contributed by atoms with Crippen molar-refractivity contribution in [3.05, 3.63) is 53.5 Å². The molecule has 0 atom stereocenters. The lowest BCUT2D eigenvalue weighted by Gasteiger charge is -2.05. The Morgan fingerprint density at radius 1 is 1.32 bits per heavy atom. The minimum absolute atomic E-state index is 0.0145. The van der Waals surface area contributed by atoms with E-state index in [4.69, 9.17) is 15.0 Å². The summed E-state index contributed by atoms with van der Waals surface area (Å²) >= 11 is 0. The lowest BCUT2D eigenvalue weighted by molar-refractivity contribution is 0.0921. The number of nitrogens with two attached hydrogens (primary N) is 1. The van der Waals surface area contributed by atoms with Gasteiger partial charge in [0.25, 0.3) is 0 Å². The van der Waals surface area contributed by atoms with Crippen molar-refractivity contribution in [1.82, 2.24) is 5.43 Å². The Balaban J connectivity index is 2.02. The topological polar surface area (TPSA) is 77.5 Å². The molecule has 0 fully saturated rings. The molecule has 1 aromatic carbocycles. The number of benzene rings is 1. The fraction of sp³-hybridized carbons (Fsp3) is 0.0833. The van der Waals surface area contributed by atoms with Gasteiger partial charge in [-0.15, -0.1) is 0 Å². The Kier molecular flexibility index (Phi) is 3.76. The summed E-state index contributed by atoms with van der Waals surface area (Å²) in [5, 5.41) is 0. The molecule has 0 radical (unpaired) electrons. The monoisotopic (exact) mass is 268 g/mol. The van der Waals surface area contributed by atoms with Crippen LogP contribution in [-0.2, 0) is 6.61 Å². The summed E-state index contributed by atoms with van der Waals surface area (Å²) in [6, 6.07) is 5.85. The van der Waals surface area contributed by atoms with Crippen LogP contribution in [0, 0.1) is 11.6 Å². The van der Waals surface area contributed by atoms with Gasteiger partial charge in [-0.05, 0) is 24.3 Å². The number of nitrogen functional groups attached to an aromatic ring is 1. The van der Waals surface area contributed by atoms with Crippen LogP contribution >= 0.6 is 0 Å². The van der Waals surface area contributed by atoms with Crippen molar-refractivity contribution < 1.29 is 22.7 Å². The van der Waals surface area contributed by atoms with Crippen molar-refractivity contribution in [2.45, 2.75) is 6.61 Å². The maximum atomic E-state index is 13.3. The van der Waals surface area contributed by atoms with Crippen LogP contribution < -0.4 is 16.0 Å². The number of hydrazine groups is 1. The Labute approximate surface area is 106 Å². The van der Waals surface area contributed by atoms with Crippen LogP contribution in [0.4, 0.5) is 8.78 Å². The number of amides is 1. The molecule has 2 rings (SSSR count). The van der Waals surface area contributed by atoms with Gasteiger partial charge in [-0.2, -0.15) is 0 Å². The van der Waals surface area contributed by atoms with Crippen molar-refractivity contribution in [1.29, 1.82) is 0 Å². The minimum atomic E-state index is -0.813. The molecule has 0 bridgehead atoms. The third-order valence-electron chi connectivity index (χ3n) is 2.28. The molecule has 3 N–H and O–H groups in total. The first-order valence-electron chi connectivity index (χ1n) is 5.27. The summed E-state index contributed by atoms with van der Waals surface area (Å²) in [6.07, 6.45) is 0. The highest BCUT2D eigenvalue weighted by Crippen LogP contribution is 2.19. The highest BCUT2D eigenvalue weighted by Gasteiger charge is 2.11. The first-order chi connectivity index (χ1) is 9.10. The second-order valence-electron chi connectivity index (χ2n) is 3.60. The van der Waals surface area contributed by atoms with Gasteiger partial charge in [0.15, 0.2) is 17.3 Å². The highest BCUT2D eigenvalue weighted by atomic mass is 19.1. The van der Waals surface area contributed by atoms with Gasteiger partial charge in [0.2, 0.25) is 0 Å². The van der Waals surface area contributed by atoms with Crippen molar-refractivity contribution in [2.24, 2.45) is 5.84 Å². The molecule has 0 aliphatic rings. The van der Waals surface area contributed by atoms with Gasteiger partial charge < -0.3 is 9.15 Å². The minimum Gasteiger partial charge on any atom is -0.483 e. The average molecular weight is 268 g/mol. The molecule has 19 heavy (non-hydrogen) atoms. The average Bonchev–Trinajstić information content (AvgIpc) is 2.85. The van der Waals surface area contributed by atoms with E-state index in [1.54, 1.807) is 0 Å². The van der Waals surface area contributed by atoms with E-state index in [9.17, 15) is 13.6 Å². The molecule has 0 saturated carbocycles. The molecule has 0 unspecified atom stereocenters. The molecule has 0 aliphatic carbocycles. The molecule has 7 heteroatoms. The summed E-state index contributed by atoms with van der Waals surface area (Å²) < 4.78 is 36.2. The number of ether oxygens (including phenoxy) is 1. The second-order valence-corrected chi connectivity index (χ2v) is 3.60. The van der Waals surface area contributed by atoms with E-state index in [0.717, 1.165) is 6.07 Å². The molecule has 1 aromatic heterocycles. The number of carbonyl (C=O) groups excluding carboxylic acids is 1. The van der Waals surface area contributed by atoms with E-state index in [1.165, 1.54) is 18.2 Å². The van der Waals surface area contributed by atoms with E-state index < -0.39 is 17.5 Å². The van der Waals surface area contributed by atoms with E-state index in [-0.39, 0.29) is 18.1 Å². The van der Waals surface area contributed by atoms with Gasteiger partial charge in [-0.1, -0.05) is 0 Å². The summed E-state index contributed by atoms with van der Waals surface area (Å²) in [5.74, 6) is 3.06. The maximum Gasteiger partial charge on any atom is 0.300 e. The molecule has 5 nitrogen and oxygen atoms in total. The smallest absolute Gasteiger partial charge is 0.300 e. The molecule has 100 valence electrons. The van der Waals surface area contributed by atoms with Gasteiger partial charge in [-0.3, -0.25) is 10.2 Å². The molecule has 0 saturated heterocycles. The van der Waals surface area contributed by atoms with E-state index in [1.807, 2.05) is 5.43 Å². The van der Waals surface area contributed by atoms with E-state index in [0.29, 0.717) is 11.8 Å². The highest BCUT2D eigenvalue weighted by molar-refractivity contribution is 5.90. The first-order valence-corrected chi connectivity index (χ1v) is 5.27. The van der Waals surface area contributed by atoms with E-state index in [2.05, 4.69) is 0 Å². The lowest BCUT2D eigenvalue weighted by atomic mass is 10.3. The standard InChI is InChI=1S/C12H10F2N2O3/c13-7-1-3-10(9(14)5-7)18-6-8-2-4-11(19-8)12(17)16-15/h1-5H,6,15H2,(H,16,17). The summed E-state index contributed by atoms with van der Waals surface area (Å²) in [4.78, 5) is 11.1. The number of halogens is 2. The zero-order valence-electron chi connectivity index (χ0n) is 9.65. The van der Waals surface area contributed by atoms with Crippen molar-refractivity contribution in [2.75, 3.05) is 0 Å². The van der Waals surface area contributed by atoms with Crippen LogP contribution in [-0.4, -0.2) is 5.91 Å². The zero-order chi connectivity index (χ0) is 13.8. The third-order valence-corrected chi connectivity index (χ3v) is 2.28. The lowest BCUT2D eigenvalue weighted by Crippen LogP contribution is -2.29. The van der Waals surface area contributed by atoms with Gasteiger partial charge >= 0.3 is 5.91 Å². The quantitative estimate of drug-likeness (QED) is 0.503. The predicted molar refractivity (Wildman–Crippen MR) is 61.1 cm³/mol. The molecular formula is C12H10F2N2O3. The molecule has 0 spiro atoms. The van der Waals surface area contributed by atoms with Crippen molar-refractivity contribution >= 4 is 5.91 Å². The van der Waals surface area contributed by atoms with Crippen molar-refractivity contribution in [3.8, 4) is 5.75 Å². The molecule has 2 aromatic rings. The summed E-state index contributed by atoms with van der Waals surface area (Å²) in [6.45, 7) is -0.0968. The zero-order valence-corrected chi connectivity index (χ0v) is 9.65. The Morgan fingerprint density at radius 2 is 2.11 bits per heavy atom. The van der Waals surface area contributed by atoms with Gasteiger partial charge in [0, 0.05) is 6.07 Å². The van der Waals surface area contributed by atoms with Crippen LogP contribution in [0.25, 0.3) is 0 Å². The number of hydrogen-bond acceptors (Lipinski definition) is 4. The van der Waals surface area contributed by atoms with E-state index >= 15 is 0 Å². The second kappa shape index (κ2) is 5.49. The van der Waals surface area contributed by atoms with Crippen LogP contribution in [0.3, 0.4) is 0 Å². The molecule has 0 aliphatic heterocycles. The number of furan rings is 1. The molecule has 1 heterocycles. The summed E-state index contributed by atoms with van der Waals surface area (Å²) in [5.41, 5.74) is 1.91. The SMILES string of the molecule is NNC(=O)c1ccc(COc2ccc(F)cc2F)o1. The van der Waals surface area contributed by atoms with Crippen LogP contribution in [0.15, 0.2) is 34.7 Å². The third kappa shape index (κ3) is 3.08. The predicted octanol–water partition coefficient (Wildman–Crippen LogP) is 1.74. The number of carbonyl (C=O) groups is 1. The van der Waals surface area contributed by atoms with Crippen LogP contribution in [0.5, 0.6) is 5.75 Å². The normalized spacial score (nSPS) is 10.3. The molecular weight excluding hydrogens is 258 g/mol. The Bertz CT molecular complexity index is 598. The molecule has 1 amide bonds. The largest absolute Gasteiger partial charge is 0.483 e. The Morgan fingerprint density at radius 3 is 2.79 bits per heavy atom.